The number of halogens is 2. The lowest BCUT2D eigenvalue weighted by Gasteiger charge is -2.36. The Morgan fingerprint density at radius 3 is 2.46 bits per heavy atom. The molecule has 1 aliphatic heterocycles. The molecule has 3 aromatic heterocycles. The van der Waals surface area contributed by atoms with Crippen LogP contribution in [0.15, 0.2) is 59.2 Å². The summed E-state index contributed by atoms with van der Waals surface area (Å²) < 4.78 is 31.1. The molecule has 3 aliphatic rings. The Labute approximate surface area is 226 Å². The van der Waals surface area contributed by atoms with Crippen molar-refractivity contribution in [2.24, 2.45) is 0 Å². The minimum absolute atomic E-state index is 0.00186. The van der Waals surface area contributed by atoms with Gasteiger partial charge in [-0.1, -0.05) is 0 Å². The van der Waals surface area contributed by atoms with Gasteiger partial charge in [-0.3, -0.25) is 4.79 Å². The van der Waals surface area contributed by atoms with Crippen molar-refractivity contribution in [3.8, 4) is 0 Å². The number of hydrogen-bond donors (Lipinski definition) is 1. The SMILES string of the molecule is CN1CCC(N(C)c2ccc(Nc3cc4c(cn3)cc(C3=C(F)CCC=C3F)c(=O)n4C3CCC3)nc2)CC1. The number of nitrogens with one attached hydrogen (secondary N) is 1. The van der Waals surface area contributed by atoms with E-state index in [0.717, 1.165) is 50.9 Å². The molecule has 0 atom stereocenters. The minimum atomic E-state index is -0.669. The molecule has 0 amide bonds. The topological polar surface area (TPSA) is 66.3 Å². The van der Waals surface area contributed by atoms with E-state index in [-0.39, 0.29) is 29.2 Å². The van der Waals surface area contributed by atoms with Gasteiger partial charge in [-0.25, -0.2) is 18.7 Å². The first-order chi connectivity index (χ1) is 18.9. The molecule has 0 bridgehead atoms. The van der Waals surface area contributed by atoms with Crippen LogP contribution in [0.4, 0.5) is 26.1 Å². The highest BCUT2D eigenvalue weighted by Crippen LogP contribution is 2.37. The first kappa shape index (κ1) is 25.7. The second-order valence-electron chi connectivity index (χ2n) is 11.0. The summed E-state index contributed by atoms with van der Waals surface area (Å²) >= 11 is 0. The molecule has 4 heterocycles. The van der Waals surface area contributed by atoms with Crippen LogP contribution in [-0.2, 0) is 0 Å². The predicted octanol–water partition coefficient (Wildman–Crippen LogP) is 6.12. The summed E-state index contributed by atoms with van der Waals surface area (Å²) in [6, 6.07) is 7.89. The Hall–Kier alpha value is -3.59. The summed E-state index contributed by atoms with van der Waals surface area (Å²) in [7, 11) is 4.28. The molecule has 2 fully saturated rings. The van der Waals surface area contributed by atoms with E-state index in [1.54, 1.807) is 16.8 Å². The summed E-state index contributed by atoms with van der Waals surface area (Å²) in [5, 5.41) is 3.93. The second kappa shape index (κ2) is 10.5. The number of aromatic nitrogens is 3. The molecule has 1 saturated carbocycles. The Balaban J connectivity index is 1.29. The summed E-state index contributed by atoms with van der Waals surface area (Å²) in [6.07, 6.45) is 10.3. The number of allylic oxidation sites excluding steroid dienone is 4. The molecule has 7 nitrogen and oxygen atoms in total. The average molecular weight is 533 g/mol. The van der Waals surface area contributed by atoms with Gasteiger partial charge in [-0.15, -0.1) is 0 Å². The Morgan fingerprint density at radius 2 is 1.79 bits per heavy atom. The highest BCUT2D eigenvalue weighted by Gasteiger charge is 2.28. The largest absolute Gasteiger partial charge is 0.370 e. The van der Waals surface area contributed by atoms with Gasteiger partial charge in [-0.05, 0) is 82.9 Å². The number of likely N-dealkylation sites (tertiary alicyclic amines) is 1. The molecule has 3 aromatic rings. The lowest BCUT2D eigenvalue weighted by molar-refractivity contribution is 0.253. The quantitative estimate of drug-likeness (QED) is 0.413. The molecule has 0 aromatic carbocycles. The van der Waals surface area contributed by atoms with Gasteiger partial charge in [0.25, 0.3) is 5.56 Å². The van der Waals surface area contributed by atoms with Crippen LogP contribution in [0.3, 0.4) is 0 Å². The highest BCUT2D eigenvalue weighted by atomic mass is 19.1. The van der Waals surface area contributed by atoms with Crippen molar-refractivity contribution in [2.45, 2.75) is 57.0 Å². The van der Waals surface area contributed by atoms with E-state index in [4.69, 9.17) is 0 Å². The van der Waals surface area contributed by atoms with E-state index >= 15 is 0 Å². The summed E-state index contributed by atoms with van der Waals surface area (Å²) in [4.78, 5) is 27.4. The van der Waals surface area contributed by atoms with Crippen LogP contribution in [0.5, 0.6) is 0 Å². The maximum Gasteiger partial charge on any atom is 0.259 e. The van der Waals surface area contributed by atoms with Gasteiger partial charge in [0.1, 0.15) is 23.3 Å². The lowest BCUT2D eigenvalue weighted by atomic mass is 9.91. The van der Waals surface area contributed by atoms with Crippen molar-refractivity contribution in [3.63, 3.8) is 0 Å². The van der Waals surface area contributed by atoms with Gasteiger partial charge in [0, 0.05) is 43.2 Å². The minimum Gasteiger partial charge on any atom is -0.370 e. The van der Waals surface area contributed by atoms with Crippen LogP contribution < -0.4 is 15.8 Å². The van der Waals surface area contributed by atoms with E-state index in [1.807, 2.05) is 18.3 Å². The fourth-order valence-corrected chi connectivity index (χ4v) is 5.84. The molecule has 204 valence electrons. The van der Waals surface area contributed by atoms with Crippen molar-refractivity contribution in [3.05, 3.63) is 70.3 Å². The van der Waals surface area contributed by atoms with Crippen LogP contribution in [0.2, 0.25) is 0 Å². The smallest absolute Gasteiger partial charge is 0.259 e. The number of pyridine rings is 3. The molecule has 0 spiro atoms. The molecule has 9 heteroatoms. The number of rotatable bonds is 6. The van der Waals surface area contributed by atoms with Crippen molar-refractivity contribution in [1.29, 1.82) is 0 Å². The summed E-state index contributed by atoms with van der Waals surface area (Å²) in [6.45, 7) is 2.20. The van der Waals surface area contributed by atoms with Crippen molar-refractivity contribution in [1.82, 2.24) is 19.4 Å². The first-order valence-electron chi connectivity index (χ1n) is 13.8. The van der Waals surface area contributed by atoms with Gasteiger partial charge in [0.2, 0.25) is 0 Å². The van der Waals surface area contributed by atoms with E-state index < -0.39 is 11.7 Å². The zero-order valence-electron chi connectivity index (χ0n) is 22.5. The number of hydrogen-bond acceptors (Lipinski definition) is 6. The van der Waals surface area contributed by atoms with Crippen LogP contribution in [0.25, 0.3) is 16.5 Å². The Bertz CT molecular complexity index is 1500. The van der Waals surface area contributed by atoms with Gasteiger partial charge >= 0.3 is 0 Å². The van der Waals surface area contributed by atoms with Gasteiger partial charge in [0.05, 0.1) is 28.5 Å². The molecule has 39 heavy (non-hydrogen) atoms. The third-order valence-electron chi connectivity index (χ3n) is 8.47. The van der Waals surface area contributed by atoms with Crippen molar-refractivity contribution in [2.75, 3.05) is 37.4 Å². The predicted molar refractivity (Wildman–Crippen MR) is 152 cm³/mol. The molecule has 1 N–H and O–H groups in total. The van der Waals surface area contributed by atoms with Gasteiger partial charge in [0.15, 0.2) is 0 Å². The molecular formula is C30H34F2N6O. The van der Waals surface area contributed by atoms with E-state index in [2.05, 4.69) is 45.2 Å². The van der Waals surface area contributed by atoms with Crippen LogP contribution in [-0.4, -0.2) is 52.7 Å². The maximum atomic E-state index is 14.7. The number of anilines is 3. The maximum absolute atomic E-state index is 14.7. The van der Waals surface area contributed by atoms with Crippen LogP contribution >= 0.6 is 0 Å². The molecular weight excluding hydrogens is 498 g/mol. The number of fused-ring (bicyclic) bond motifs is 1. The Kier molecular flexibility index (Phi) is 6.93. The molecule has 0 unspecified atom stereocenters. The summed E-state index contributed by atoms with van der Waals surface area (Å²) in [5.41, 5.74) is 1.26. The van der Waals surface area contributed by atoms with E-state index in [1.165, 1.54) is 6.08 Å². The van der Waals surface area contributed by atoms with E-state index in [9.17, 15) is 13.6 Å². The van der Waals surface area contributed by atoms with Crippen molar-refractivity contribution >= 4 is 33.8 Å². The normalized spacial score (nSPS) is 19.2. The molecule has 2 aliphatic carbocycles. The summed E-state index contributed by atoms with van der Waals surface area (Å²) in [5.74, 6) is -0.0367. The number of nitrogens with zero attached hydrogens (tertiary/aromatic N) is 5. The number of piperidine rings is 1. The van der Waals surface area contributed by atoms with E-state index in [0.29, 0.717) is 35.0 Å². The van der Waals surface area contributed by atoms with Crippen LogP contribution in [0, 0.1) is 0 Å². The molecule has 1 saturated heterocycles. The third kappa shape index (κ3) is 4.95. The van der Waals surface area contributed by atoms with Gasteiger partial charge < -0.3 is 19.7 Å². The van der Waals surface area contributed by atoms with Crippen LogP contribution in [0.1, 0.15) is 56.6 Å². The monoisotopic (exact) mass is 532 g/mol. The fraction of sp³-hybridized carbons (Fsp3) is 0.433. The fourth-order valence-electron chi connectivity index (χ4n) is 5.84. The standard InChI is InChI=1S/C30H34F2N6O/c1-36-13-11-20(12-14-36)37(2)22-9-10-27(34-18-22)35-28-16-26-19(17-33-28)15-23(29-24(31)7-4-8-25(29)32)30(39)38(26)21-5-3-6-21/h7,9-10,15-18,20-21H,3-6,8,11-14H2,1-2H3,(H,33,34,35). The zero-order chi connectivity index (χ0) is 27.1. The van der Waals surface area contributed by atoms with Gasteiger partial charge in [-0.2, -0.15) is 0 Å². The van der Waals surface area contributed by atoms with Crippen molar-refractivity contribution < 1.29 is 8.78 Å². The zero-order valence-corrected chi connectivity index (χ0v) is 22.5. The third-order valence-corrected chi connectivity index (χ3v) is 8.47. The highest BCUT2D eigenvalue weighted by molar-refractivity contribution is 5.88. The first-order valence-corrected chi connectivity index (χ1v) is 13.8. The second-order valence-corrected chi connectivity index (χ2v) is 11.0. The molecule has 6 rings (SSSR count). The Morgan fingerprint density at radius 1 is 1.03 bits per heavy atom. The average Bonchev–Trinajstić information content (AvgIpc) is 2.90. The molecule has 0 radical (unpaired) electrons. The lowest BCUT2D eigenvalue weighted by Crippen LogP contribution is -2.42.